The van der Waals surface area contributed by atoms with E-state index in [4.69, 9.17) is 11.6 Å². The molecule has 1 aromatic rings. The van der Waals surface area contributed by atoms with Crippen LogP contribution in [0.2, 0.25) is 5.02 Å². The fourth-order valence-corrected chi connectivity index (χ4v) is 1.43. The van der Waals surface area contributed by atoms with Crippen molar-refractivity contribution >= 4 is 27.5 Å². The van der Waals surface area contributed by atoms with Gasteiger partial charge in [-0.1, -0.05) is 33.6 Å². The summed E-state index contributed by atoms with van der Waals surface area (Å²) < 4.78 is 24.8. The second-order valence-corrected chi connectivity index (χ2v) is 3.29. The van der Waals surface area contributed by atoms with E-state index in [0.717, 1.165) is 0 Å². The maximum absolute atomic E-state index is 12.1. The molecule has 0 aliphatic carbocycles. The minimum absolute atomic E-state index is 0.0920. The molecule has 4 heteroatoms. The van der Waals surface area contributed by atoms with Gasteiger partial charge < -0.3 is 0 Å². The van der Waals surface area contributed by atoms with E-state index >= 15 is 0 Å². The molecule has 0 atom stereocenters. The van der Waals surface area contributed by atoms with E-state index in [1.54, 1.807) is 0 Å². The molecule has 0 aliphatic rings. The average molecular weight is 241 g/mol. The Balaban J connectivity index is 3.09. The van der Waals surface area contributed by atoms with Gasteiger partial charge in [-0.05, 0) is 12.1 Å². The molecule has 0 nitrogen and oxygen atoms in total. The Morgan fingerprint density at radius 2 is 2.00 bits per heavy atom. The van der Waals surface area contributed by atoms with Crippen molar-refractivity contribution in [1.29, 1.82) is 0 Å². The van der Waals surface area contributed by atoms with Gasteiger partial charge in [-0.15, -0.1) is 0 Å². The van der Waals surface area contributed by atoms with Crippen molar-refractivity contribution in [3.8, 4) is 0 Å². The van der Waals surface area contributed by atoms with E-state index in [2.05, 4.69) is 15.9 Å². The van der Waals surface area contributed by atoms with Crippen LogP contribution >= 0.6 is 27.5 Å². The van der Waals surface area contributed by atoms with Crippen molar-refractivity contribution in [3.63, 3.8) is 0 Å². The molecule has 0 radical (unpaired) electrons. The SMILES string of the molecule is FC(F)c1ccc(Br)cc1Cl. The molecule has 60 valence electrons. The van der Waals surface area contributed by atoms with Crippen LogP contribution in [0.4, 0.5) is 8.78 Å². The van der Waals surface area contributed by atoms with Crippen molar-refractivity contribution in [2.45, 2.75) is 6.43 Å². The van der Waals surface area contributed by atoms with E-state index < -0.39 is 6.43 Å². The fraction of sp³-hybridized carbons (Fsp3) is 0.143. The topological polar surface area (TPSA) is 0 Å². The lowest BCUT2D eigenvalue weighted by Gasteiger charge is -2.01. The van der Waals surface area contributed by atoms with Crippen LogP contribution in [0.5, 0.6) is 0 Å². The van der Waals surface area contributed by atoms with Gasteiger partial charge in [0, 0.05) is 10.0 Å². The number of halogens is 4. The van der Waals surface area contributed by atoms with E-state index in [-0.39, 0.29) is 10.6 Å². The number of hydrogen-bond donors (Lipinski definition) is 0. The number of hydrogen-bond acceptors (Lipinski definition) is 0. The third kappa shape index (κ3) is 2.14. The van der Waals surface area contributed by atoms with Gasteiger partial charge in [-0.25, -0.2) is 8.78 Å². The molecule has 11 heavy (non-hydrogen) atoms. The van der Waals surface area contributed by atoms with Gasteiger partial charge in [0.05, 0.1) is 5.02 Å². The van der Waals surface area contributed by atoms with E-state index in [9.17, 15) is 8.78 Å². The summed E-state index contributed by atoms with van der Waals surface area (Å²) in [5.74, 6) is 0. The van der Waals surface area contributed by atoms with E-state index in [1.165, 1.54) is 18.2 Å². The molecule has 0 fully saturated rings. The fourth-order valence-electron chi connectivity index (χ4n) is 0.678. The Morgan fingerprint density at radius 1 is 1.36 bits per heavy atom. The van der Waals surface area contributed by atoms with Crippen LogP contribution in [0.1, 0.15) is 12.0 Å². The first-order chi connectivity index (χ1) is 5.11. The molecule has 0 aromatic heterocycles. The van der Waals surface area contributed by atoms with Gasteiger partial charge in [-0.3, -0.25) is 0 Å². The van der Waals surface area contributed by atoms with Crippen LogP contribution in [0, 0.1) is 0 Å². The first-order valence-electron chi connectivity index (χ1n) is 2.84. The first kappa shape index (κ1) is 8.94. The number of rotatable bonds is 1. The molecule has 0 unspecified atom stereocenters. The molecule has 0 saturated carbocycles. The van der Waals surface area contributed by atoms with Crippen LogP contribution in [0.25, 0.3) is 0 Å². The second-order valence-electron chi connectivity index (χ2n) is 1.97. The highest BCUT2D eigenvalue weighted by atomic mass is 79.9. The van der Waals surface area contributed by atoms with E-state index in [0.29, 0.717) is 4.47 Å². The Kier molecular flexibility index (Phi) is 2.84. The second kappa shape index (κ2) is 3.50. The standard InChI is InChI=1S/C7H4BrClF2/c8-4-1-2-5(7(10)11)6(9)3-4/h1-3,7H. The molecule has 0 bridgehead atoms. The first-order valence-corrected chi connectivity index (χ1v) is 4.01. The van der Waals surface area contributed by atoms with Gasteiger partial charge in [0.1, 0.15) is 0 Å². The smallest absolute Gasteiger partial charge is 0.205 e. The zero-order valence-corrected chi connectivity index (χ0v) is 7.66. The molecule has 0 spiro atoms. The summed E-state index contributed by atoms with van der Waals surface area (Å²) in [6.07, 6.45) is -2.50. The van der Waals surface area contributed by atoms with E-state index in [1.807, 2.05) is 0 Å². The Labute approximate surface area is 76.3 Å². The van der Waals surface area contributed by atoms with Crippen molar-refractivity contribution in [2.24, 2.45) is 0 Å². The van der Waals surface area contributed by atoms with Crippen LogP contribution in [-0.4, -0.2) is 0 Å². The molecule has 1 aromatic carbocycles. The normalized spacial score (nSPS) is 10.6. The Morgan fingerprint density at radius 3 is 2.45 bits per heavy atom. The van der Waals surface area contributed by atoms with Gasteiger partial charge in [-0.2, -0.15) is 0 Å². The lowest BCUT2D eigenvalue weighted by atomic mass is 10.2. The molecular weight excluding hydrogens is 237 g/mol. The maximum Gasteiger partial charge on any atom is 0.265 e. The molecule has 0 N–H and O–H groups in total. The summed E-state index contributed by atoms with van der Waals surface area (Å²) >= 11 is 8.63. The van der Waals surface area contributed by atoms with Crippen LogP contribution < -0.4 is 0 Å². The summed E-state index contributed by atoms with van der Waals surface area (Å²) in [4.78, 5) is 0. The monoisotopic (exact) mass is 240 g/mol. The largest absolute Gasteiger partial charge is 0.265 e. The molecule has 0 aliphatic heterocycles. The average Bonchev–Trinajstić information content (AvgIpc) is 1.85. The highest BCUT2D eigenvalue weighted by Crippen LogP contribution is 2.28. The lowest BCUT2D eigenvalue weighted by Crippen LogP contribution is -1.84. The summed E-state index contributed by atoms with van der Waals surface area (Å²) in [5, 5.41) is 0.0920. The predicted molar refractivity (Wildman–Crippen MR) is 44.1 cm³/mol. The molecular formula is C7H4BrClF2. The Hall–Kier alpha value is -0.150. The van der Waals surface area contributed by atoms with Crippen molar-refractivity contribution in [1.82, 2.24) is 0 Å². The third-order valence-electron chi connectivity index (χ3n) is 1.20. The zero-order valence-electron chi connectivity index (χ0n) is 5.32. The minimum atomic E-state index is -2.50. The summed E-state index contributed by atoms with van der Waals surface area (Å²) in [6.45, 7) is 0. The summed E-state index contributed by atoms with van der Waals surface area (Å²) in [7, 11) is 0. The predicted octanol–water partition coefficient (Wildman–Crippen LogP) is 4.04. The molecule has 1 rings (SSSR count). The van der Waals surface area contributed by atoms with Gasteiger partial charge in [0.25, 0.3) is 6.43 Å². The Bertz CT molecular complexity index is 263. The quantitative estimate of drug-likeness (QED) is 0.696. The summed E-state index contributed by atoms with van der Waals surface area (Å²) in [5.41, 5.74) is -0.130. The minimum Gasteiger partial charge on any atom is -0.205 e. The van der Waals surface area contributed by atoms with Crippen molar-refractivity contribution in [3.05, 3.63) is 33.3 Å². The van der Waals surface area contributed by atoms with Crippen molar-refractivity contribution in [2.75, 3.05) is 0 Å². The van der Waals surface area contributed by atoms with Crippen LogP contribution in [0.15, 0.2) is 22.7 Å². The molecule has 0 amide bonds. The van der Waals surface area contributed by atoms with Crippen LogP contribution in [0.3, 0.4) is 0 Å². The maximum atomic E-state index is 12.1. The zero-order chi connectivity index (χ0) is 8.43. The van der Waals surface area contributed by atoms with Gasteiger partial charge >= 0.3 is 0 Å². The molecule has 0 saturated heterocycles. The van der Waals surface area contributed by atoms with Gasteiger partial charge in [0.2, 0.25) is 0 Å². The third-order valence-corrected chi connectivity index (χ3v) is 2.02. The molecule has 0 heterocycles. The lowest BCUT2D eigenvalue weighted by molar-refractivity contribution is 0.151. The van der Waals surface area contributed by atoms with Crippen LogP contribution in [-0.2, 0) is 0 Å². The highest BCUT2D eigenvalue weighted by Gasteiger charge is 2.10. The van der Waals surface area contributed by atoms with Crippen molar-refractivity contribution < 1.29 is 8.78 Å². The van der Waals surface area contributed by atoms with Gasteiger partial charge in [0.15, 0.2) is 0 Å². The summed E-state index contributed by atoms with van der Waals surface area (Å²) in [6, 6.07) is 4.29. The number of benzene rings is 1. The highest BCUT2D eigenvalue weighted by molar-refractivity contribution is 9.10. The number of alkyl halides is 2.